The minimum Gasteiger partial charge on any atom is -0.355 e. The summed E-state index contributed by atoms with van der Waals surface area (Å²) in [5, 5.41) is 11.9. The van der Waals surface area contributed by atoms with Gasteiger partial charge >= 0.3 is 0 Å². The van der Waals surface area contributed by atoms with Crippen molar-refractivity contribution in [2.75, 3.05) is 23.3 Å². The van der Waals surface area contributed by atoms with Crippen LogP contribution in [0.5, 0.6) is 0 Å². The van der Waals surface area contributed by atoms with Crippen molar-refractivity contribution in [1.82, 2.24) is 9.97 Å². The molecular formula is C16H17N5. The van der Waals surface area contributed by atoms with E-state index in [-0.39, 0.29) is 0 Å². The van der Waals surface area contributed by atoms with Gasteiger partial charge in [-0.25, -0.2) is 4.98 Å². The molecule has 3 rings (SSSR count). The van der Waals surface area contributed by atoms with Gasteiger partial charge in [-0.15, -0.1) is 0 Å². The number of nitriles is 1. The maximum absolute atomic E-state index is 8.72. The van der Waals surface area contributed by atoms with Gasteiger partial charge in [-0.05, 0) is 19.1 Å². The Morgan fingerprint density at radius 2 is 2.10 bits per heavy atom. The van der Waals surface area contributed by atoms with Gasteiger partial charge in [-0.2, -0.15) is 10.2 Å². The predicted octanol–water partition coefficient (Wildman–Crippen LogP) is 2.88. The van der Waals surface area contributed by atoms with E-state index in [1.54, 1.807) is 0 Å². The number of aromatic nitrogens is 2. The largest absolute Gasteiger partial charge is 0.355 e. The molecule has 1 fully saturated rings. The topological polar surface area (TPSA) is 64.8 Å². The van der Waals surface area contributed by atoms with Crippen LogP contribution >= 0.6 is 0 Å². The number of nitrogens with one attached hydrogen (secondary N) is 1. The van der Waals surface area contributed by atoms with Gasteiger partial charge in [0.25, 0.3) is 0 Å². The molecule has 1 saturated heterocycles. The number of aryl methyl sites for hydroxylation is 1. The van der Waals surface area contributed by atoms with Crippen molar-refractivity contribution >= 4 is 17.5 Å². The fourth-order valence-corrected chi connectivity index (χ4v) is 2.46. The van der Waals surface area contributed by atoms with Crippen LogP contribution in [0.2, 0.25) is 0 Å². The molecule has 0 saturated carbocycles. The molecule has 0 amide bonds. The highest BCUT2D eigenvalue weighted by Gasteiger charge is 2.28. The van der Waals surface area contributed by atoms with E-state index in [9.17, 15) is 0 Å². The average molecular weight is 279 g/mol. The zero-order chi connectivity index (χ0) is 14.7. The number of benzene rings is 1. The van der Waals surface area contributed by atoms with Crippen LogP contribution in [0.3, 0.4) is 0 Å². The van der Waals surface area contributed by atoms with Gasteiger partial charge in [-0.3, -0.25) is 0 Å². The molecule has 2 aromatic rings. The minimum absolute atomic E-state index is 0.467. The molecule has 0 aliphatic carbocycles. The van der Waals surface area contributed by atoms with Crippen LogP contribution in [0.4, 0.5) is 17.5 Å². The van der Waals surface area contributed by atoms with Gasteiger partial charge in [0.15, 0.2) is 0 Å². The second-order valence-electron chi connectivity index (χ2n) is 5.32. The van der Waals surface area contributed by atoms with Gasteiger partial charge in [0.1, 0.15) is 5.82 Å². The van der Waals surface area contributed by atoms with Gasteiger partial charge < -0.3 is 10.2 Å². The molecule has 1 aromatic carbocycles. The summed E-state index contributed by atoms with van der Waals surface area (Å²) in [5.74, 6) is 2.03. The highest BCUT2D eigenvalue weighted by atomic mass is 15.3. The maximum Gasteiger partial charge on any atom is 0.229 e. The number of hydrogen-bond acceptors (Lipinski definition) is 5. The van der Waals surface area contributed by atoms with E-state index in [0.717, 1.165) is 30.2 Å². The summed E-state index contributed by atoms with van der Waals surface area (Å²) in [6.07, 6.45) is 2.46. The second kappa shape index (κ2) is 5.80. The highest BCUT2D eigenvalue weighted by molar-refractivity contribution is 5.57. The van der Waals surface area contributed by atoms with E-state index in [1.165, 1.54) is 0 Å². The third-order valence-electron chi connectivity index (χ3n) is 3.61. The van der Waals surface area contributed by atoms with Crippen LogP contribution < -0.4 is 10.2 Å². The smallest absolute Gasteiger partial charge is 0.229 e. The third kappa shape index (κ3) is 2.95. The van der Waals surface area contributed by atoms with E-state index in [1.807, 2.05) is 43.5 Å². The second-order valence-corrected chi connectivity index (χ2v) is 5.32. The first kappa shape index (κ1) is 13.4. The molecule has 1 aliphatic heterocycles. The summed E-state index contributed by atoms with van der Waals surface area (Å²) in [7, 11) is 0. The van der Waals surface area contributed by atoms with E-state index >= 15 is 0 Å². The molecule has 106 valence electrons. The fourth-order valence-electron chi connectivity index (χ4n) is 2.46. The number of para-hydroxylation sites is 1. The molecule has 2 heterocycles. The Bertz CT molecular complexity index is 656. The van der Waals surface area contributed by atoms with Crippen LogP contribution in [0, 0.1) is 24.2 Å². The van der Waals surface area contributed by atoms with Crippen molar-refractivity contribution in [3.63, 3.8) is 0 Å². The van der Waals surface area contributed by atoms with Gasteiger partial charge in [-0.1, -0.05) is 18.2 Å². The van der Waals surface area contributed by atoms with Crippen LogP contribution in [0.1, 0.15) is 12.0 Å². The van der Waals surface area contributed by atoms with Crippen LogP contribution in [0.25, 0.3) is 0 Å². The Morgan fingerprint density at radius 3 is 2.81 bits per heavy atom. The summed E-state index contributed by atoms with van der Waals surface area (Å²) in [5.41, 5.74) is 2.03. The Balaban J connectivity index is 1.74. The van der Waals surface area contributed by atoms with Crippen molar-refractivity contribution < 1.29 is 0 Å². The first-order chi connectivity index (χ1) is 10.3. The van der Waals surface area contributed by atoms with Crippen molar-refractivity contribution in [2.45, 2.75) is 13.3 Å². The predicted molar refractivity (Wildman–Crippen MR) is 82.4 cm³/mol. The lowest BCUT2D eigenvalue weighted by Crippen LogP contribution is -2.47. The molecule has 1 N–H and O–H groups in total. The molecule has 0 atom stereocenters. The Morgan fingerprint density at radius 1 is 1.33 bits per heavy atom. The molecule has 0 spiro atoms. The lowest BCUT2D eigenvalue weighted by molar-refractivity contribution is 0.414. The quantitative estimate of drug-likeness (QED) is 0.932. The van der Waals surface area contributed by atoms with Gasteiger partial charge in [0, 0.05) is 42.9 Å². The zero-order valence-corrected chi connectivity index (χ0v) is 12.0. The van der Waals surface area contributed by atoms with E-state index in [4.69, 9.17) is 5.26 Å². The van der Waals surface area contributed by atoms with Crippen molar-refractivity contribution in [2.24, 2.45) is 5.92 Å². The van der Waals surface area contributed by atoms with Crippen LogP contribution in [-0.4, -0.2) is 23.1 Å². The fraction of sp³-hybridized carbons (Fsp3) is 0.312. The van der Waals surface area contributed by atoms with Gasteiger partial charge in [0.2, 0.25) is 5.95 Å². The molecule has 0 unspecified atom stereocenters. The molecule has 5 heteroatoms. The normalized spacial score (nSPS) is 14.4. The highest BCUT2D eigenvalue weighted by Crippen LogP contribution is 2.28. The Hall–Kier alpha value is -2.61. The number of nitrogens with zero attached hydrogens (tertiary/aromatic N) is 4. The minimum atomic E-state index is 0.467. The molecular weight excluding hydrogens is 262 g/mol. The first-order valence-electron chi connectivity index (χ1n) is 7.04. The molecule has 1 aromatic heterocycles. The maximum atomic E-state index is 8.72. The van der Waals surface area contributed by atoms with Crippen molar-refractivity contribution in [3.8, 4) is 6.07 Å². The van der Waals surface area contributed by atoms with Crippen molar-refractivity contribution in [1.29, 1.82) is 5.26 Å². The van der Waals surface area contributed by atoms with Crippen LogP contribution in [-0.2, 0) is 0 Å². The average Bonchev–Trinajstić information content (AvgIpc) is 2.46. The standard InChI is InChI=1S/C16H17N5/c1-12-9-18-16(19-14-5-3-2-4-6-14)20-15(12)21-10-13(11-21)7-8-17/h2-6,9,13H,7,10-11H2,1H3,(H,18,19,20). The number of hydrogen-bond donors (Lipinski definition) is 1. The van der Waals surface area contributed by atoms with E-state index in [0.29, 0.717) is 18.3 Å². The third-order valence-corrected chi connectivity index (χ3v) is 3.61. The van der Waals surface area contributed by atoms with Crippen molar-refractivity contribution in [3.05, 3.63) is 42.1 Å². The molecule has 1 aliphatic rings. The summed E-state index contributed by atoms with van der Waals surface area (Å²) in [6, 6.07) is 12.1. The number of rotatable bonds is 4. The monoisotopic (exact) mass is 279 g/mol. The Labute approximate surface area is 124 Å². The van der Waals surface area contributed by atoms with Crippen LogP contribution in [0.15, 0.2) is 36.5 Å². The van der Waals surface area contributed by atoms with Gasteiger partial charge in [0.05, 0.1) is 6.07 Å². The summed E-state index contributed by atoms with van der Waals surface area (Å²) < 4.78 is 0. The van der Waals surface area contributed by atoms with E-state index in [2.05, 4.69) is 26.3 Å². The zero-order valence-electron chi connectivity index (χ0n) is 12.0. The SMILES string of the molecule is Cc1cnc(Nc2ccccc2)nc1N1CC(CC#N)C1. The first-order valence-corrected chi connectivity index (χ1v) is 7.04. The molecule has 0 bridgehead atoms. The Kier molecular flexibility index (Phi) is 3.69. The lowest BCUT2D eigenvalue weighted by atomic mass is 9.97. The molecule has 0 radical (unpaired) electrons. The number of anilines is 3. The van der Waals surface area contributed by atoms with E-state index < -0.39 is 0 Å². The summed E-state index contributed by atoms with van der Waals surface area (Å²) in [4.78, 5) is 11.1. The molecule has 21 heavy (non-hydrogen) atoms. The molecule has 5 nitrogen and oxygen atoms in total. The summed E-state index contributed by atoms with van der Waals surface area (Å²) in [6.45, 7) is 3.81. The summed E-state index contributed by atoms with van der Waals surface area (Å²) >= 11 is 0. The lowest BCUT2D eigenvalue weighted by Gasteiger charge is -2.39.